The van der Waals surface area contributed by atoms with Gasteiger partial charge in [-0.1, -0.05) is 24.3 Å². The maximum Gasteiger partial charge on any atom is 0.232 e. The van der Waals surface area contributed by atoms with E-state index in [9.17, 15) is 13.2 Å². The second-order valence-electron chi connectivity index (χ2n) is 9.53. The molecule has 0 unspecified atom stereocenters. The fourth-order valence-electron chi connectivity index (χ4n) is 4.71. The molecule has 0 amide bonds. The van der Waals surface area contributed by atoms with E-state index in [-0.39, 0.29) is 29.0 Å². The lowest BCUT2D eigenvalue weighted by Gasteiger charge is -2.35. The Labute approximate surface area is 216 Å². The van der Waals surface area contributed by atoms with E-state index in [0.29, 0.717) is 62.8 Å². The highest BCUT2D eigenvalue weighted by molar-refractivity contribution is 7.91. The van der Waals surface area contributed by atoms with Crippen molar-refractivity contribution in [3.8, 4) is 17.1 Å². The molecule has 2 fully saturated rings. The van der Waals surface area contributed by atoms with Gasteiger partial charge in [-0.3, -0.25) is 9.78 Å². The first kappa shape index (κ1) is 25.4. The Balaban J connectivity index is 1.36. The predicted octanol–water partition coefficient (Wildman–Crippen LogP) is 3.27. The summed E-state index contributed by atoms with van der Waals surface area (Å²) >= 11 is 0. The molecule has 1 saturated carbocycles. The topological polar surface area (TPSA) is 121 Å². The van der Waals surface area contributed by atoms with Gasteiger partial charge < -0.3 is 9.47 Å². The van der Waals surface area contributed by atoms with Crippen molar-refractivity contribution in [2.75, 3.05) is 19.8 Å². The second kappa shape index (κ2) is 10.6. The zero-order valence-corrected chi connectivity index (χ0v) is 21.6. The number of nitrogens with zero attached hydrogens (tertiary/aromatic N) is 4. The van der Waals surface area contributed by atoms with Gasteiger partial charge in [0.2, 0.25) is 5.88 Å². The van der Waals surface area contributed by atoms with E-state index in [1.165, 1.54) is 0 Å². The molecule has 9 nitrogen and oxygen atoms in total. The van der Waals surface area contributed by atoms with Crippen LogP contribution in [0.5, 0.6) is 5.88 Å². The van der Waals surface area contributed by atoms with Crippen molar-refractivity contribution in [1.29, 1.82) is 0 Å². The summed E-state index contributed by atoms with van der Waals surface area (Å²) in [5.41, 5.74) is 2.19. The van der Waals surface area contributed by atoms with E-state index in [0.717, 1.165) is 11.1 Å². The molecular weight excluding hydrogens is 492 g/mol. The van der Waals surface area contributed by atoms with Crippen molar-refractivity contribution in [2.45, 2.75) is 55.4 Å². The summed E-state index contributed by atoms with van der Waals surface area (Å²) in [4.78, 5) is 31.3. The Hall–Kier alpha value is -3.24. The average Bonchev–Trinajstić information content (AvgIpc) is 3.77. The van der Waals surface area contributed by atoms with Gasteiger partial charge in [-0.25, -0.2) is 23.4 Å². The Bertz CT molecular complexity index is 1370. The monoisotopic (exact) mass is 522 g/mol. The minimum absolute atomic E-state index is 0.0383. The third-order valence-corrected chi connectivity index (χ3v) is 9.11. The van der Waals surface area contributed by atoms with E-state index in [1.54, 1.807) is 24.7 Å². The molecule has 10 heteroatoms. The minimum atomic E-state index is -3.26. The van der Waals surface area contributed by atoms with Gasteiger partial charge in [-0.15, -0.1) is 0 Å². The number of rotatable bonds is 10. The van der Waals surface area contributed by atoms with E-state index in [4.69, 9.17) is 9.47 Å². The van der Waals surface area contributed by atoms with Crippen LogP contribution in [0.4, 0.5) is 0 Å². The normalized spacial score (nSPS) is 17.3. The van der Waals surface area contributed by atoms with Gasteiger partial charge >= 0.3 is 0 Å². The zero-order chi connectivity index (χ0) is 25.9. The van der Waals surface area contributed by atoms with Gasteiger partial charge in [-0.05, 0) is 44.2 Å². The second-order valence-corrected chi connectivity index (χ2v) is 11.8. The lowest BCUT2D eigenvalue weighted by Crippen LogP contribution is -2.43. The molecule has 0 radical (unpaired) electrons. The number of ketones is 1. The Morgan fingerprint density at radius 3 is 2.54 bits per heavy atom. The van der Waals surface area contributed by atoms with Crippen LogP contribution in [0.3, 0.4) is 0 Å². The predicted molar refractivity (Wildman–Crippen MR) is 137 cm³/mol. The number of carbonyl (C=O) groups is 1. The highest BCUT2D eigenvalue weighted by Gasteiger charge is 2.43. The average molecular weight is 523 g/mol. The number of carbonyl (C=O) groups excluding carboxylic acids is 1. The standard InChI is InChI=1S/C27H30N4O5S/c1-2-36-26-17-28-16-22(30-26)20-5-3-19(4-6-20)15-24(32)27(10-13-35-14-11-27)23-9-12-29-25(31-23)18-37(33,34)21-7-8-21/h3-6,9,12,16-17,21H,2,7-8,10-11,13-15,18H2,1H3. The molecule has 0 spiro atoms. The summed E-state index contributed by atoms with van der Waals surface area (Å²) in [6, 6.07) is 9.42. The third-order valence-electron chi connectivity index (χ3n) is 6.96. The van der Waals surface area contributed by atoms with Crippen molar-refractivity contribution in [3.05, 3.63) is 66.0 Å². The Morgan fingerprint density at radius 1 is 1.08 bits per heavy atom. The summed E-state index contributed by atoms with van der Waals surface area (Å²) in [5.74, 6) is 0.565. The van der Waals surface area contributed by atoms with Crippen LogP contribution in [0.1, 0.15) is 49.7 Å². The number of hydrogen-bond acceptors (Lipinski definition) is 9. The van der Waals surface area contributed by atoms with Gasteiger partial charge in [0.1, 0.15) is 17.4 Å². The van der Waals surface area contributed by atoms with Gasteiger partial charge in [-0.2, -0.15) is 0 Å². The number of hydrogen-bond donors (Lipinski definition) is 0. The fourth-order valence-corrected chi connectivity index (χ4v) is 6.30. The van der Waals surface area contributed by atoms with Crippen LogP contribution >= 0.6 is 0 Å². The highest BCUT2D eigenvalue weighted by Crippen LogP contribution is 2.36. The Kier molecular flexibility index (Phi) is 7.30. The summed E-state index contributed by atoms with van der Waals surface area (Å²) < 4.78 is 36.0. The first-order chi connectivity index (χ1) is 17.9. The summed E-state index contributed by atoms with van der Waals surface area (Å²) in [6.45, 7) is 3.29. The van der Waals surface area contributed by atoms with Crippen molar-refractivity contribution in [2.24, 2.45) is 0 Å². The van der Waals surface area contributed by atoms with E-state index < -0.39 is 15.3 Å². The number of ether oxygens (including phenoxy) is 2. The minimum Gasteiger partial charge on any atom is -0.477 e. The molecule has 2 aliphatic rings. The van der Waals surface area contributed by atoms with Crippen LogP contribution in [-0.4, -0.2) is 59.2 Å². The summed E-state index contributed by atoms with van der Waals surface area (Å²) in [5, 5.41) is -0.283. The lowest BCUT2D eigenvalue weighted by molar-refractivity contribution is -0.127. The van der Waals surface area contributed by atoms with Crippen LogP contribution in [0.15, 0.2) is 48.9 Å². The number of benzene rings is 1. The molecule has 0 atom stereocenters. The van der Waals surface area contributed by atoms with E-state index in [2.05, 4.69) is 19.9 Å². The van der Waals surface area contributed by atoms with Crippen LogP contribution < -0.4 is 4.74 Å². The summed E-state index contributed by atoms with van der Waals surface area (Å²) in [7, 11) is -3.26. The van der Waals surface area contributed by atoms with Gasteiger partial charge in [0.05, 0.1) is 41.1 Å². The van der Waals surface area contributed by atoms with E-state index in [1.807, 2.05) is 31.2 Å². The largest absolute Gasteiger partial charge is 0.477 e. The molecule has 0 N–H and O–H groups in total. The van der Waals surface area contributed by atoms with Crippen LogP contribution in [-0.2, 0) is 37.0 Å². The molecule has 5 rings (SSSR count). The molecule has 3 aromatic rings. The van der Waals surface area contributed by atoms with E-state index >= 15 is 0 Å². The molecule has 1 aliphatic heterocycles. The maximum atomic E-state index is 13.8. The molecule has 3 heterocycles. The zero-order valence-electron chi connectivity index (χ0n) is 20.8. The highest BCUT2D eigenvalue weighted by atomic mass is 32.2. The van der Waals surface area contributed by atoms with Gasteiger partial charge in [0.15, 0.2) is 9.84 Å². The molecule has 1 saturated heterocycles. The number of Topliss-reactive ketones (excluding diaryl/α,β-unsaturated/α-hetero) is 1. The molecule has 1 aromatic carbocycles. The molecule has 194 valence electrons. The lowest BCUT2D eigenvalue weighted by atomic mass is 9.72. The van der Waals surface area contributed by atoms with Crippen molar-refractivity contribution < 1.29 is 22.7 Å². The smallest absolute Gasteiger partial charge is 0.232 e. The maximum absolute atomic E-state index is 13.8. The first-order valence-corrected chi connectivity index (χ1v) is 14.3. The molecule has 37 heavy (non-hydrogen) atoms. The quantitative estimate of drug-likeness (QED) is 0.395. The van der Waals surface area contributed by atoms with Crippen molar-refractivity contribution >= 4 is 15.6 Å². The van der Waals surface area contributed by atoms with Crippen LogP contribution in [0, 0.1) is 0 Å². The van der Waals surface area contributed by atoms with Crippen molar-refractivity contribution in [3.63, 3.8) is 0 Å². The molecule has 0 bridgehead atoms. The molecule has 1 aliphatic carbocycles. The van der Waals surface area contributed by atoms with Gasteiger partial charge in [0.25, 0.3) is 0 Å². The molecule has 2 aromatic heterocycles. The Morgan fingerprint density at radius 2 is 1.84 bits per heavy atom. The number of sulfone groups is 1. The van der Waals surface area contributed by atoms with Crippen molar-refractivity contribution in [1.82, 2.24) is 19.9 Å². The van der Waals surface area contributed by atoms with Crippen LogP contribution in [0.25, 0.3) is 11.3 Å². The first-order valence-electron chi connectivity index (χ1n) is 12.6. The third kappa shape index (κ3) is 5.70. The van der Waals surface area contributed by atoms with Gasteiger partial charge in [0, 0.05) is 31.4 Å². The molecular formula is C27H30N4O5S. The fraction of sp³-hybridized carbons (Fsp3) is 0.444. The van der Waals surface area contributed by atoms with Crippen LogP contribution in [0.2, 0.25) is 0 Å². The number of aromatic nitrogens is 4. The summed E-state index contributed by atoms with van der Waals surface area (Å²) in [6.07, 6.45) is 7.44. The SMILES string of the molecule is CCOc1cncc(-c2ccc(CC(=O)C3(c4ccnc(CS(=O)(=O)C5CC5)n4)CCOCC3)cc2)n1.